The van der Waals surface area contributed by atoms with Crippen molar-refractivity contribution in [1.29, 1.82) is 0 Å². The van der Waals surface area contributed by atoms with Gasteiger partial charge in [-0.25, -0.2) is 0 Å². The summed E-state index contributed by atoms with van der Waals surface area (Å²) in [6, 6.07) is 13.3. The summed E-state index contributed by atoms with van der Waals surface area (Å²) in [6.07, 6.45) is 2.70. The average Bonchev–Trinajstić information content (AvgIpc) is 3.04. The zero-order chi connectivity index (χ0) is 32.9. The maximum Gasteiger partial charge on any atom is 0.255 e. The van der Waals surface area contributed by atoms with Gasteiger partial charge in [-0.3, -0.25) is 4.79 Å². The SMILES string of the molecule is CCCCO[C@@H]1[C@@H](OCCCC)[C@](OC)(c2ccc(Cl)c(Cc3ccc(OCC)cc3)c2)O[C@@](CO)(C(N)=O)[C@H]1OCCCC. The van der Waals surface area contributed by atoms with Crippen molar-refractivity contribution in [2.45, 2.75) is 102 Å². The summed E-state index contributed by atoms with van der Waals surface area (Å²) < 4.78 is 37.9. The molecule has 1 heterocycles. The van der Waals surface area contributed by atoms with E-state index in [-0.39, 0.29) is 0 Å². The second-order valence-corrected chi connectivity index (χ2v) is 11.8. The molecule has 10 heteroatoms. The number of hydrogen-bond acceptors (Lipinski definition) is 8. The van der Waals surface area contributed by atoms with Gasteiger partial charge in [-0.1, -0.05) is 69.8 Å². The van der Waals surface area contributed by atoms with Crippen molar-refractivity contribution in [3.63, 3.8) is 0 Å². The van der Waals surface area contributed by atoms with Gasteiger partial charge in [0.25, 0.3) is 5.91 Å². The highest BCUT2D eigenvalue weighted by Crippen LogP contribution is 2.48. The summed E-state index contributed by atoms with van der Waals surface area (Å²) in [5.74, 6) is -1.79. The van der Waals surface area contributed by atoms with E-state index in [1.54, 1.807) is 12.1 Å². The van der Waals surface area contributed by atoms with Crippen LogP contribution in [0.3, 0.4) is 0 Å². The van der Waals surface area contributed by atoms with E-state index in [4.69, 9.17) is 45.8 Å². The molecule has 1 saturated heterocycles. The molecule has 0 spiro atoms. The minimum absolute atomic E-state index is 0.321. The summed E-state index contributed by atoms with van der Waals surface area (Å²) in [5.41, 5.74) is 6.44. The highest BCUT2D eigenvalue weighted by atomic mass is 35.5. The average molecular weight is 650 g/mol. The zero-order valence-corrected chi connectivity index (χ0v) is 28.3. The Morgan fingerprint density at radius 1 is 0.911 bits per heavy atom. The number of methoxy groups -OCH3 is 1. The van der Waals surface area contributed by atoms with Crippen LogP contribution in [0.25, 0.3) is 0 Å². The van der Waals surface area contributed by atoms with Crippen LogP contribution in [-0.2, 0) is 40.7 Å². The first-order valence-corrected chi connectivity index (χ1v) is 16.7. The fourth-order valence-electron chi connectivity index (χ4n) is 5.62. The van der Waals surface area contributed by atoms with Crippen molar-refractivity contribution in [2.24, 2.45) is 5.73 Å². The third-order valence-electron chi connectivity index (χ3n) is 8.20. The zero-order valence-electron chi connectivity index (χ0n) is 27.5. The number of hydrogen-bond donors (Lipinski definition) is 2. The van der Waals surface area contributed by atoms with Gasteiger partial charge >= 0.3 is 0 Å². The Hall–Kier alpha value is -2.24. The van der Waals surface area contributed by atoms with Gasteiger partial charge in [0.15, 0.2) is 0 Å². The first-order chi connectivity index (χ1) is 21.8. The van der Waals surface area contributed by atoms with E-state index in [9.17, 15) is 9.90 Å². The topological polar surface area (TPSA) is 119 Å². The molecule has 2 aromatic rings. The Balaban J connectivity index is 2.18. The fourth-order valence-corrected chi connectivity index (χ4v) is 5.80. The molecular formula is C35H52ClNO8. The molecule has 3 rings (SSSR count). The lowest BCUT2D eigenvalue weighted by Crippen LogP contribution is -2.75. The Morgan fingerprint density at radius 3 is 2.04 bits per heavy atom. The molecule has 1 fully saturated rings. The number of carbonyl (C=O) groups excluding carboxylic acids is 1. The van der Waals surface area contributed by atoms with Crippen LogP contribution in [0, 0.1) is 0 Å². The van der Waals surface area contributed by atoms with Gasteiger partial charge in [0.2, 0.25) is 11.4 Å². The highest BCUT2D eigenvalue weighted by molar-refractivity contribution is 6.31. The molecule has 45 heavy (non-hydrogen) atoms. The number of carbonyl (C=O) groups is 1. The molecule has 1 aliphatic rings. The molecule has 0 unspecified atom stereocenters. The lowest BCUT2D eigenvalue weighted by atomic mass is 9.79. The molecular weight excluding hydrogens is 598 g/mol. The molecule has 0 aromatic heterocycles. The van der Waals surface area contributed by atoms with Crippen LogP contribution >= 0.6 is 11.6 Å². The smallest absolute Gasteiger partial charge is 0.255 e. The monoisotopic (exact) mass is 649 g/mol. The van der Waals surface area contributed by atoms with Crippen LogP contribution in [0.1, 0.15) is 82.9 Å². The summed E-state index contributed by atoms with van der Waals surface area (Å²) in [4.78, 5) is 13.3. The largest absolute Gasteiger partial charge is 0.494 e. The number of ether oxygens (including phenoxy) is 6. The molecule has 0 bridgehead atoms. The lowest BCUT2D eigenvalue weighted by molar-refractivity contribution is -0.400. The highest BCUT2D eigenvalue weighted by Gasteiger charge is 2.66. The van der Waals surface area contributed by atoms with Crippen molar-refractivity contribution in [3.05, 3.63) is 64.2 Å². The second-order valence-electron chi connectivity index (χ2n) is 11.4. The van der Waals surface area contributed by atoms with E-state index in [2.05, 4.69) is 13.8 Å². The number of halogens is 1. The van der Waals surface area contributed by atoms with E-state index in [0.717, 1.165) is 55.4 Å². The quantitative estimate of drug-likeness (QED) is 0.170. The summed E-state index contributed by atoms with van der Waals surface area (Å²) >= 11 is 6.74. The van der Waals surface area contributed by atoms with Gasteiger partial charge in [0.1, 0.15) is 24.1 Å². The minimum atomic E-state index is -1.99. The Bertz CT molecular complexity index is 1180. The van der Waals surface area contributed by atoms with Gasteiger partial charge in [0.05, 0.1) is 13.2 Å². The number of nitrogens with two attached hydrogens (primary N) is 1. The third-order valence-corrected chi connectivity index (χ3v) is 8.56. The molecule has 252 valence electrons. The molecule has 9 nitrogen and oxygen atoms in total. The first kappa shape index (κ1) is 37.2. The van der Waals surface area contributed by atoms with Crippen LogP contribution < -0.4 is 10.5 Å². The van der Waals surface area contributed by atoms with Crippen LogP contribution in [-0.4, -0.2) is 75.1 Å². The third kappa shape index (κ3) is 8.77. The Morgan fingerprint density at radius 2 is 1.51 bits per heavy atom. The number of rotatable bonds is 20. The first-order valence-electron chi connectivity index (χ1n) is 16.3. The number of benzene rings is 2. The molecule has 1 aliphatic heterocycles. The van der Waals surface area contributed by atoms with Crippen molar-refractivity contribution in [3.8, 4) is 5.75 Å². The van der Waals surface area contributed by atoms with Gasteiger partial charge in [-0.15, -0.1) is 0 Å². The van der Waals surface area contributed by atoms with Gasteiger partial charge in [0, 0.05) is 37.5 Å². The Kier molecular flexibility index (Phi) is 15.0. The van der Waals surface area contributed by atoms with E-state index in [0.29, 0.717) is 43.4 Å². The predicted octanol–water partition coefficient (Wildman–Crippen LogP) is 5.93. The second kappa shape index (κ2) is 18.2. The Labute approximate surface area is 273 Å². The van der Waals surface area contributed by atoms with Gasteiger partial charge < -0.3 is 39.3 Å². The van der Waals surface area contributed by atoms with Gasteiger partial charge in [-0.2, -0.15) is 0 Å². The van der Waals surface area contributed by atoms with Crippen LogP contribution in [0.2, 0.25) is 5.02 Å². The normalized spacial score (nSPS) is 24.9. The summed E-state index contributed by atoms with van der Waals surface area (Å²) in [7, 11) is 1.49. The number of amides is 1. The molecule has 0 saturated carbocycles. The summed E-state index contributed by atoms with van der Waals surface area (Å²) in [6.45, 7) is 9.06. The van der Waals surface area contributed by atoms with Crippen molar-refractivity contribution in [1.82, 2.24) is 0 Å². The fraction of sp³-hybridized carbons (Fsp3) is 0.629. The van der Waals surface area contributed by atoms with Crippen LogP contribution in [0.5, 0.6) is 5.75 Å². The van der Waals surface area contributed by atoms with Crippen molar-refractivity contribution >= 4 is 17.5 Å². The molecule has 3 N–H and O–H groups in total. The molecule has 5 atom stereocenters. The van der Waals surface area contributed by atoms with Crippen LogP contribution in [0.15, 0.2) is 42.5 Å². The molecule has 0 radical (unpaired) electrons. The van der Waals surface area contributed by atoms with Gasteiger partial charge in [-0.05, 0) is 68.0 Å². The summed E-state index contributed by atoms with van der Waals surface area (Å²) in [5, 5.41) is 11.4. The minimum Gasteiger partial charge on any atom is -0.494 e. The number of unbranched alkanes of at least 4 members (excludes halogenated alkanes) is 3. The standard InChI is InChI=1S/C35H52ClNO8/c1-6-10-19-42-30-31(43-20-11-7-2)34(24-38,33(37)39)45-35(40-5,32(30)44-21-12-8-3)27-15-18-29(36)26(23-27)22-25-13-16-28(17-14-25)41-9-4/h13-18,23,30-32,38H,6-12,19-22,24H2,1-5H3,(H2,37,39)/t30-,31-,32+,34+,35-/m0/s1. The molecule has 0 aliphatic carbocycles. The van der Waals surface area contributed by atoms with Crippen molar-refractivity contribution < 1.29 is 38.3 Å². The maximum absolute atomic E-state index is 13.3. The number of aliphatic hydroxyl groups is 1. The lowest BCUT2D eigenvalue weighted by Gasteiger charge is -2.55. The maximum atomic E-state index is 13.3. The van der Waals surface area contributed by atoms with E-state index >= 15 is 0 Å². The number of aliphatic hydroxyl groups excluding tert-OH is 1. The molecule has 1 amide bonds. The van der Waals surface area contributed by atoms with E-state index in [1.165, 1.54) is 7.11 Å². The van der Waals surface area contributed by atoms with E-state index < -0.39 is 42.2 Å². The van der Waals surface area contributed by atoms with Crippen molar-refractivity contribution in [2.75, 3.05) is 40.1 Å². The van der Waals surface area contributed by atoms with E-state index in [1.807, 2.05) is 44.2 Å². The number of primary amides is 1. The van der Waals surface area contributed by atoms with Crippen LogP contribution in [0.4, 0.5) is 0 Å². The molecule has 2 aromatic carbocycles. The predicted molar refractivity (Wildman–Crippen MR) is 175 cm³/mol.